The Morgan fingerprint density at radius 3 is 2.65 bits per heavy atom. The molecule has 132 valence electrons. The van der Waals surface area contributed by atoms with E-state index in [0.717, 1.165) is 19.4 Å². The number of carboxylic acids is 1. The minimum atomic E-state index is -1.38. The fourth-order valence-electron chi connectivity index (χ4n) is 2.97. The number of hydrogen-bond donors (Lipinski definition) is 5. The summed E-state index contributed by atoms with van der Waals surface area (Å²) in [4.78, 5) is 25.2. The van der Waals surface area contributed by atoms with Gasteiger partial charge >= 0.3 is 13.1 Å². The molecule has 1 amide bonds. The van der Waals surface area contributed by atoms with Gasteiger partial charge in [-0.3, -0.25) is 9.59 Å². The Morgan fingerprint density at radius 2 is 2.13 bits per heavy atom. The minimum absolute atomic E-state index is 0.0227. The lowest BCUT2D eigenvalue weighted by molar-refractivity contribution is -0.140. The summed E-state index contributed by atoms with van der Waals surface area (Å²) in [5, 5.41) is 30.0. The van der Waals surface area contributed by atoms with Crippen molar-refractivity contribution in [1.82, 2.24) is 10.2 Å². The van der Waals surface area contributed by atoms with Crippen LogP contribution in [0.2, 0.25) is 6.32 Å². The molecular formula is C14H28BN3O5. The van der Waals surface area contributed by atoms with Crippen LogP contribution >= 0.6 is 0 Å². The highest BCUT2D eigenvalue weighted by molar-refractivity contribution is 6.40. The summed E-state index contributed by atoms with van der Waals surface area (Å²) in [6.45, 7) is 1.88. The van der Waals surface area contributed by atoms with Crippen molar-refractivity contribution in [2.75, 3.05) is 26.2 Å². The summed E-state index contributed by atoms with van der Waals surface area (Å²) in [6, 6.07) is -0.203. The Bertz CT molecular complexity index is 377. The van der Waals surface area contributed by atoms with E-state index in [9.17, 15) is 9.59 Å². The zero-order chi connectivity index (χ0) is 17.2. The van der Waals surface area contributed by atoms with Crippen LogP contribution < -0.4 is 11.1 Å². The molecule has 2 atom stereocenters. The molecule has 1 aliphatic heterocycles. The van der Waals surface area contributed by atoms with E-state index >= 15 is 0 Å². The highest BCUT2D eigenvalue weighted by atomic mass is 16.4. The fourth-order valence-corrected chi connectivity index (χ4v) is 2.97. The van der Waals surface area contributed by atoms with Crippen molar-refractivity contribution in [2.24, 2.45) is 11.7 Å². The van der Waals surface area contributed by atoms with Gasteiger partial charge in [-0.2, -0.15) is 0 Å². The highest BCUT2D eigenvalue weighted by Gasteiger charge is 2.28. The van der Waals surface area contributed by atoms with Gasteiger partial charge in [-0.05, 0) is 38.0 Å². The van der Waals surface area contributed by atoms with Gasteiger partial charge < -0.3 is 31.1 Å². The smallest absolute Gasteiger partial charge is 0.451 e. The van der Waals surface area contributed by atoms with Gasteiger partial charge in [0.05, 0.1) is 6.04 Å². The van der Waals surface area contributed by atoms with Gasteiger partial charge in [0.2, 0.25) is 5.91 Å². The zero-order valence-corrected chi connectivity index (χ0v) is 13.5. The molecular weight excluding hydrogens is 301 g/mol. The molecule has 9 heteroatoms. The molecule has 1 saturated heterocycles. The van der Waals surface area contributed by atoms with Crippen molar-refractivity contribution >= 4 is 19.0 Å². The lowest BCUT2D eigenvalue weighted by Crippen LogP contribution is -2.47. The van der Waals surface area contributed by atoms with Crippen LogP contribution in [-0.4, -0.2) is 71.3 Å². The molecule has 1 unspecified atom stereocenters. The van der Waals surface area contributed by atoms with E-state index in [-0.39, 0.29) is 30.6 Å². The number of nitrogens with zero attached hydrogens (tertiary/aromatic N) is 1. The van der Waals surface area contributed by atoms with Crippen LogP contribution in [0, 0.1) is 5.92 Å². The summed E-state index contributed by atoms with van der Waals surface area (Å²) in [7, 11) is -1.38. The predicted octanol–water partition coefficient (Wildman–Crippen LogP) is -1.13. The Labute approximate surface area is 137 Å². The first kappa shape index (κ1) is 19.9. The van der Waals surface area contributed by atoms with Crippen LogP contribution in [0.5, 0.6) is 0 Å². The average Bonchev–Trinajstić information content (AvgIpc) is 2.99. The molecule has 6 N–H and O–H groups in total. The summed E-state index contributed by atoms with van der Waals surface area (Å²) in [5.74, 6) is -1.16. The van der Waals surface area contributed by atoms with Crippen molar-refractivity contribution in [3.8, 4) is 0 Å². The average molecular weight is 329 g/mol. The molecule has 0 spiro atoms. The largest absolute Gasteiger partial charge is 0.481 e. The van der Waals surface area contributed by atoms with Gasteiger partial charge in [-0.25, -0.2) is 0 Å². The maximum Gasteiger partial charge on any atom is 0.451 e. The van der Waals surface area contributed by atoms with E-state index < -0.39 is 13.1 Å². The SMILES string of the molecule is NCCN(CC(CCCB(O)O)CC(=O)O)C(=O)[C@@H]1CCCN1. The van der Waals surface area contributed by atoms with Crippen LogP contribution in [0.4, 0.5) is 0 Å². The Hall–Kier alpha value is -1.16. The molecule has 0 bridgehead atoms. The number of aliphatic carboxylic acids is 1. The predicted molar refractivity (Wildman–Crippen MR) is 86.6 cm³/mol. The van der Waals surface area contributed by atoms with Crippen LogP contribution in [-0.2, 0) is 9.59 Å². The van der Waals surface area contributed by atoms with Gasteiger partial charge in [0, 0.05) is 26.1 Å². The molecule has 0 aliphatic carbocycles. The second-order valence-electron chi connectivity index (χ2n) is 6.10. The molecule has 1 heterocycles. The maximum absolute atomic E-state index is 12.5. The monoisotopic (exact) mass is 329 g/mol. The Morgan fingerprint density at radius 1 is 1.39 bits per heavy atom. The molecule has 1 rings (SSSR count). The molecule has 0 saturated carbocycles. The standard InChI is InChI=1S/C14H28BN3O5/c16-6-8-18(14(21)12-4-2-7-17-12)10-11(9-13(19)20)3-1-5-15(22)23/h11-12,17,22-23H,1-10,16H2,(H,19,20)/t11?,12-/m0/s1. The Kier molecular flexibility index (Phi) is 9.16. The molecule has 0 aromatic heterocycles. The first-order valence-corrected chi connectivity index (χ1v) is 8.24. The molecule has 1 fully saturated rings. The van der Waals surface area contributed by atoms with E-state index in [2.05, 4.69) is 5.32 Å². The molecule has 8 nitrogen and oxygen atoms in total. The molecule has 0 aromatic rings. The summed E-state index contributed by atoms with van der Waals surface area (Å²) in [5.41, 5.74) is 5.59. The van der Waals surface area contributed by atoms with Crippen LogP contribution in [0.3, 0.4) is 0 Å². The lowest BCUT2D eigenvalue weighted by Gasteiger charge is -2.29. The zero-order valence-electron chi connectivity index (χ0n) is 13.5. The number of nitrogens with one attached hydrogen (secondary N) is 1. The molecule has 23 heavy (non-hydrogen) atoms. The number of rotatable bonds is 11. The molecule has 1 aliphatic rings. The second-order valence-corrected chi connectivity index (χ2v) is 6.10. The van der Waals surface area contributed by atoms with Crippen molar-refractivity contribution < 1.29 is 24.7 Å². The number of hydrogen-bond acceptors (Lipinski definition) is 6. The third-order valence-corrected chi connectivity index (χ3v) is 4.09. The van der Waals surface area contributed by atoms with Crippen molar-refractivity contribution in [3.63, 3.8) is 0 Å². The van der Waals surface area contributed by atoms with Crippen LogP contribution in [0.25, 0.3) is 0 Å². The topological polar surface area (TPSA) is 136 Å². The van der Waals surface area contributed by atoms with Gasteiger partial charge in [0.1, 0.15) is 0 Å². The van der Waals surface area contributed by atoms with Crippen molar-refractivity contribution in [2.45, 2.75) is 44.5 Å². The van der Waals surface area contributed by atoms with E-state index in [0.29, 0.717) is 32.5 Å². The third-order valence-electron chi connectivity index (χ3n) is 4.09. The van der Waals surface area contributed by atoms with Crippen molar-refractivity contribution in [3.05, 3.63) is 0 Å². The number of amides is 1. The first-order valence-electron chi connectivity index (χ1n) is 8.24. The first-order chi connectivity index (χ1) is 10.9. The Balaban J connectivity index is 2.61. The van der Waals surface area contributed by atoms with E-state index in [1.165, 1.54) is 0 Å². The van der Waals surface area contributed by atoms with E-state index in [1.807, 2.05) is 0 Å². The number of carbonyl (C=O) groups excluding carboxylic acids is 1. The van der Waals surface area contributed by atoms with E-state index in [4.69, 9.17) is 20.9 Å². The fraction of sp³-hybridized carbons (Fsp3) is 0.857. The highest BCUT2D eigenvalue weighted by Crippen LogP contribution is 2.17. The van der Waals surface area contributed by atoms with E-state index in [1.54, 1.807) is 4.90 Å². The molecule has 0 aromatic carbocycles. The number of carbonyl (C=O) groups is 2. The summed E-state index contributed by atoms with van der Waals surface area (Å²) >= 11 is 0. The minimum Gasteiger partial charge on any atom is -0.481 e. The summed E-state index contributed by atoms with van der Waals surface area (Å²) < 4.78 is 0. The van der Waals surface area contributed by atoms with Crippen LogP contribution in [0.1, 0.15) is 32.1 Å². The second kappa shape index (κ2) is 10.6. The van der Waals surface area contributed by atoms with Gasteiger partial charge in [-0.1, -0.05) is 6.42 Å². The quantitative estimate of drug-likeness (QED) is 0.303. The van der Waals surface area contributed by atoms with Crippen LogP contribution in [0.15, 0.2) is 0 Å². The third kappa shape index (κ3) is 7.78. The number of carboxylic acid groups (broad SMARTS) is 1. The van der Waals surface area contributed by atoms with Gasteiger partial charge in [0.25, 0.3) is 0 Å². The van der Waals surface area contributed by atoms with Crippen molar-refractivity contribution in [1.29, 1.82) is 0 Å². The van der Waals surface area contributed by atoms with Gasteiger partial charge in [-0.15, -0.1) is 0 Å². The number of nitrogens with two attached hydrogens (primary N) is 1. The molecule has 0 radical (unpaired) electrons. The maximum atomic E-state index is 12.5. The summed E-state index contributed by atoms with van der Waals surface area (Å²) in [6.07, 6.45) is 2.93. The van der Waals surface area contributed by atoms with Gasteiger partial charge in [0.15, 0.2) is 0 Å². The normalized spacial score (nSPS) is 18.7. The lowest BCUT2D eigenvalue weighted by atomic mass is 9.81.